The highest BCUT2D eigenvalue weighted by Crippen LogP contribution is 2.41. The normalized spacial score (nSPS) is 13.5. The Morgan fingerprint density at radius 2 is 1.54 bits per heavy atom. The fraction of sp³-hybridized carbons (Fsp3) is 0.393. The van der Waals surface area contributed by atoms with Gasteiger partial charge in [-0.2, -0.15) is 0 Å². The molecule has 1 aliphatic heterocycles. The van der Waals surface area contributed by atoms with Gasteiger partial charge in [0.25, 0.3) is 11.8 Å². The summed E-state index contributed by atoms with van der Waals surface area (Å²) in [5, 5.41) is 5.58. The molecule has 39 heavy (non-hydrogen) atoms. The van der Waals surface area contributed by atoms with Crippen LogP contribution in [0.4, 0.5) is 5.69 Å². The quantitative estimate of drug-likeness (QED) is 0.402. The molecule has 0 aliphatic carbocycles. The number of hydrogen-bond donors (Lipinski definition) is 1. The van der Waals surface area contributed by atoms with E-state index in [1.165, 1.54) is 32.7 Å². The third kappa shape index (κ3) is 5.73. The summed E-state index contributed by atoms with van der Waals surface area (Å²) in [6.45, 7) is 3.01. The summed E-state index contributed by atoms with van der Waals surface area (Å²) in [7, 11) is 7.67. The monoisotopic (exact) mass is 555 g/mol. The first-order valence-corrected chi connectivity index (χ1v) is 13.3. The summed E-state index contributed by atoms with van der Waals surface area (Å²) in [5.74, 6) is 2.10. The number of nitrogens with zero attached hydrogens (tertiary/aromatic N) is 2. The molecular formula is C28H33N3O7S. The van der Waals surface area contributed by atoms with Crippen molar-refractivity contribution < 1.29 is 33.3 Å². The van der Waals surface area contributed by atoms with Crippen molar-refractivity contribution in [3.63, 3.8) is 0 Å². The Bertz CT molecular complexity index is 1350. The molecule has 0 saturated carbocycles. The molecule has 0 bridgehead atoms. The van der Waals surface area contributed by atoms with E-state index < -0.39 is 0 Å². The number of nitrogens with one attached hydrogen (secondary N) is 1. The Morgan fingerprint density at radius 1 is 0.897 bits per heavy atom. The smallest absolute Gasteiger partial charge is 0.275 e. The summed E-state index contributed by atoms with van der Waals surface area (Å²) in [4.78, 5) is 32.7. The maximum atomic E-state index is 13.3. The molecule has 0 radical (unpaired) electrons. The van der Waals surface area contributed by atoms with Gasteiger partial charge in [0.2, 0.25) is 5.75 Å². The zero-order chi connectivity index (χ0) is 28.1. The van der Waals surface area contributed by atoms with Gasteiger partial charge in [-0.25, -0.2) is 4.98 Å². The van der Waals surface area contributed by atoms with Crippen molar-refractivity contribution in [2.24, 2.45) is 0 Å². The number of aryl methyl sites for hydroxylation is 1. The van der Waals surface area contributed by atoms with Crippen molar-refractivity contribution >= 4 is 28.8 Å². The second-order valence-corrected chi connectivity index (χ2v) is 9.89. The number of carbonyl (C=O) groups is 2. The molecular weight excluding hydrogens is 522 g/mol. The molecule has 1 aliphatic rings. The summed E-state index contributed by atoms with van der Waals surface area (Å²) in [6.07, 6.45) is 1.48. The minimum absolute atomic E-state index is 0.129. The fourth-order valence-electron chi connectivity index (χ4n) is 4.65. The zero-order valence-electron chi connectivity index (χ0n) is 23.0. The Kier molecular flexibility index (Phi) is 8.80. The summed E-state index contributed by atoms with van der Waals surface area (Å²) >= 11 is 1.46. The van der Waals surface area contributed by atoms with Gasteiger partial charge in [-0.05, 0) is 43.5 Å². The van der Waals surface area contributed by atoms with E-state index in [1.807, 2.05) is 13.0 Å². The molecule has 2 aromatic carbocycles. The lowest BCUT2D eigenvalue weighted by atomic mass is 9.97. The van der Waals surface area contributed by atoms with Gasteiger partial charge in [-0.3, -0.25) is 9.59 Å². The van der Waals surface area contributed by atoms with Gasteiger partial charge in [-0.15, -0.1) is 11.3 Å². The number of rotatable bonds is 9. The van der Waals surface area contributed by atoms with Crippen LogP contribution in [-0.4, -0.2) is 70.3 Å². The van der Waals surface area contributed by atoms with Crippen molar-refractivity contribution in [2.75, 3.05) is 54.0 Å². The molecule has 3 aromatic rings. The molecule has 208 valence electrons. The van der Waals surface area contributed by atoms with E-state index >= 15 is 0 Å². The van der Waals surface area contributed by atoms with Gasteiger partial charge in [0, 0.05) is 36.1 Å². The Labute approximate surface area is 231 Å². The molecule has 10 nitrogen and oxygen atoms in total. The molecule has 11 heteroatoms. The van der Waals surface area contributed by atoms with Crippen molar-refractivity contribution in [2.45, 2.75) is 25.7 Å². The van der Waals surface area contributed by atoms with Crippen LogP contribution in [0, 0.1) is 6.92 Å². The third-order valence-electron chi connectivity index (χ3n) is 6.80. The van der Waals surface area contributed by atoms with Crippen LogP contribution in [0.2, 0.25) is 0 Å². The summed E-state index contributed by atoms with van der Waals surface area (Å²) in [6, 6.07) is 6.94. The zero-order valence-corrected chi connectivity index (χ0v) is 23.8. The Hall–Kier alpha value is -3.99. The average Bonchev–Trinajstić information content (AvgIpc) is 3.47. The van der Waals surface area contributed by atoms with E-state index in [0.29, 0.717) is 58.8 Å². The third-order valence-corrected chi connectivity index (χ3v) is 7.81. The van der Waals surface area contributed by atoms with E-state index in [4.69, 9.17) is 23.7 Å². The molecule has 1 aromatic heterocycles. The highest BCUT2D eigenvalue weighted by Gasteiger charge is 2.30. The molecule has 4 rings (SSSR count). The first-order valence-electron chi connectivity index (χ1n) is 12.4. The fourth-order valence-corrected chi connectivity index (χ4v) is 5.62. The largest absolute Gasteiger partial charge is 0.493 e. The van der Waals surface area contributed by atoms with Gasteiger partial charge in [0.05, 0.1) is 46.1 Å². The van der Waals surface area contributed by atoms with Gasteiger partial charge >= 0.3 is 0 Å². The van der Waals surface area contributed by atoms with Crippen molar-refractivity contribution in [3.8, 4) is 28.7 Å². The van der Waals surface area contributed by atoms with Crippen LogP contribution >= 0.6 is 11.3 Å². The number of methoxy groups -OCH3 is 5. The second-order valence-electron chi connectivity index (χ2n) is 9.00. The van der Waals surface area contributed by atoms with E-state index in [-0.39, 0.29) is 17.7 Å². The van der Waals surface area contributed by atoms with Gasteiger partial charge in [-0.1, -0.05) is 0 Å². The van der Waals surface area contributed by atoms with Gasteiger partial charge in [0.15, 0.2) is 23.0 Å². The maximum Gasteiger partial charge on any atom is 0.275 e. The van der Waals surface area contributed by atoms with Crippen LogP contribution in [0.25, 0.3) is 0 Å². The highest BCUT2D eigenvalue weighted by atomic mass is 32.1. The number of thiazole rings is 1. The average molecular weight is 556 g/mol. The second kappa shape index (κ2) is 12.2. The van der Waals surface area contributed by atoms with Crippen molar-refractivity contribution in [3.05, 3.63) is 51.5 Å². The van der Waals surface area contributed by atoms with Crippen LogP contribution < -0.4 is 29.0 Å². The van der Waals surface area contributed by atoms with Crippen molar-refractivity contribution in [1.82, 2.24) is 9.88 Å². The molecule has 0 atom stereocenters. The Morgan fingerprint density at radius 3 is 2.15 bits per heavy atom. The lowest BCUT2D eigenvalue weighted by molar-refractivity contribution is 0.0708. The summed E-state index contributed by atoms with van der Waals surface area (Å²) in [5.41, 5.74) is 2.26. The number of aromatic nitrogens is 1. The summed E-state index contributed by atoms with van der Waals surface area (Å²) < 4.78 is 26.9. The molecule has 0 unspecified atom stereocenters. The minimum atomic E-state index is -0.291. The predicted molar refractivity (Wildman–Crippen MR) is 148 cm³/mol. The number of hydrogen-bond acceptors (Lipinski definition) is 9. The van der Waals surface area contributed by atoms with Crippen LogP contribution in [0.15, 0.2) is 29.6 Å². The minimum Gasteiger partial charge on any atom is -0.493 e. The maximum absolute atomic E-state index is 13.3. The first kappa shape index (κ1) is 28.0. The van der Waals surface area contributed by atoms with E-state index in [0.717, 1.165) is 23.4 Å². The molecule has 1 N–H and O–H groups in total. The van der Waals surface area contributed by atoms with E-state index in [9.17, 15) is 9.59 Å². The van der Waals surface area contributed by atoms with Gasteiger partial charge in [0.1, 0.15) is 5.69 Å². The number of amides is 2. The van der Waals surface area contributed by atoms with Crippen LogP contribution in [0.1, 0.15) is 50.2 Å². The highest BCUT2D eigenvalue weighted by molar-refractivity contribution is 7.10. The lowest BCUT2D eigenvalue weighted by Gasteiger charge is -2.31. The number of piperidine rings is 1. The number of benzene rings is 2. The molecule has 2 amide bonds. The van der Waals surface area contributed by atoms with E-state index in [1.54, 1.807) is 42.7 Å². The number of carbonyl (C=O) groups excluding carboxylic acids is 2. The van der Waals surface area contributed by atoms with Crippen LogP contribution in [0.3, 0.4) is 0 Å². The number of ether oxygens (including phenoxy) is 5. The molecule has 0 spiro atoms. The topological polar surface area (TPSA) is 108 Å². The van der Waals surface area contributed by atoms with Crippen molar-refractivity contribution in [1.29, 1.82) is 0 Å². The van der Waals surface area contributed by atoms with Gasteiger partial charge < -0.3 is 33.9 Å². The molecule has 1 saturated heterocycles. The first-order chi connectivity index (χ1) is 18.8. The van der Waals surface area contributed by atoms with Crippen LogP contribution in [0.5, 0.6) is 28.7 Å². The number of likely N-dealkylation sites (tertiary alicyclic amines) is 1. The van der Waals surface area contributed by atoms with Crippen LogP contribution in [-0.2, 0) is 0 Å². The predicted octanol–water partition coefficient (Wildman–Crippen LogP) is 4.77. The van der Waals surface area contributed by atoms with E-state index in [2.05, 4.69) is 10.3 Å². The lowest BCUT2D eigenvalue weighted by Crippen LogP contribution is -2.38. The standard InChI is InChI=1S/C28H33N3O7S/c1-16-13-22(35-3)23(36-4)14-19(16)29-26(32)20-15-39-27(30-20)17-9-11-31(12-10-17)28(33)18-7-8-21(34-2)25(38-6)24(18)37-5/h7-8,13-15,17H,9-12H2,1-6H3,(H,29,32). The molecule has 1 fully saturated rings. The Balaban J connectivity index is 1.41. The SMILES string of the molecule is COc1cc(C)c(NC(=O)c2csc(C3CCN(C(=O)c4ccc(OC)c(OC)c4OC)CC3)n2)cc1OC. The molecule has 2 heterocycles. The number of anilines is 1.